The molecule has 1 unspecified atom stereocenters. The maximum atomic E-state index is 12.6. The minimum absolute atomic E-state index is 0.0445. The summed E-state index contributed by atoms with van der Waals surface area (Å²) < 4.78 is 1.13. The summed E-state index contributed by atoms with van der Waals surface area (Å²) in [5.74, 6) is 0.928. The third-order valence-corrected chi connectivity index (χ3v) is 6.45. The lowest BCUT2D eigenvalue weighted by atomic mass is 10.1. The van der Waals surface area contributed by atoms with Crippen molar-refractivity contribution in [2.75, 3.05) is 37.8 Å². The molecule has 5 nitrogen and oxygen atoms in total. The van der Waals surface area contributed by atoms with E-state index in [4.69, 9.17) is 0 Å². The smallest absolute Gasteiger partial charge is 0.253 e. The highest BCUT2D eigenvalue weighted by molar-refractivity contribution is 8.01. The number of nitrogens with zero attached hydrogens (tertiary/aromatic N) is 1. The van der Waals surface area contributed by atoms with Crippen LogP contribution in [0.5, 0.6) is 0 Å². The van der Waals surface area contributed by atoms with Crippen LogP contribution in [0.1, 0.15) is 16.8 Å². The Balaban J connectivity index is 1.50. The molecule has 0 bridgehead atoms. The molecule has 1 aliphatic heterocycles. The molecule has 2 N–H and O–H groups in total. The van der Waals surface area contributed by atoms with Gasteiger partial charge >= 0.3 is 0 Å². The molecule has 0 saturated carbocycles. The van der Waals surface area contributed by atoms with Crippen LogP contribution >= 0.6 is 23.1 Å². The second-order valence-corrected chi connectivity index (χ2v) is 8.53. The van der Waals surface area contributed by atoms with Crippen LogP contribution < -0.4 is 10.6 Å². The number of benzene rings is 1. The van der Waals surface area contributed by atoms with Crippen molar-refractivity contribution in [1.82, 2.24) is 10.2 Å². The summed E-state index contributed by atoms with van der Waals surface area (Å²) in [6.07, 6.45) is 1.04. The van der Waals surface area contributed by atoms with Gasteiger partial charge in [-0.15, -0.1) is 23.1 Å². The lowest BCUT2D eigenvalue weighted by molar-refractivity contribution is -0.113. The van der Waals surface area contributed by atoms with Gasteiger partial charge in [-0.3, -0.25) is 9.59 Å². The minimum Gasteiger partial charge on any atom is -0.338 e. The fraction of sp³-hybridized carbons (Fsp3) is 0.368. The van der Waals surface area contributed by atoms with Crippen molar-refractivity contribution in [2.24, 2.45) is 5.92 Å². The fourth-order valence-corrected chi connectivity index (χ4v) is 4.61. The zero-order valence-corrected chi connectivity index (χ0v) is 16.4. The third kappa shape index (κ3) is 5.09. The van der Waals surface area contributed by atoms with E-state index < -0.39 is 0 Å². The molecule has 1 aliphatic rings. The summed E-state index contributed by atoms with van der Waals surface area (Å²) in [4.78, 5) is 26.5. The average Bonchev–Trinajstić information content (AvgIpc) is 3.32. The van der Waals surface area contributed by atoms with Crippen LogP contribution in [0, 0.1) is 5.92 Å². The van der Waals surface area contributed by atoms with Crippen LogP contribution in [0.3, 0.4) is 0 Å². The Morgan fingerprint density at radius 2 is 2.08 bits per heavy atom. The van der Waals surface area contributed by atoms with Crippen LogP contribution in [-0.2, 0) is 4.79 Å². The molecule has 1 fully saturated rings. The Bertz CT molecular complexity index is 732. The summed E-state index contributed by atoms with van der Waals surface area (Å²) in [5, 5.41) is 8.05. The number of thiophene rings is 1. The van der Waals surface area contributed by atoms with Gasteiger partial charge in [-0.05, 0) is 61.6 Å². The molecule has 138 valence electrons. The number of carbonyl (C=O) groups excluding carboxylic acids is 2. The van der Waals surface area contributed by atoms with E-state index in [1.165, 1.54) is 11.8 Å². The minimum atomic E-state index is -0.0445. The van der Waals surface area contributed by atoms with Crippen LogP contribution in [0.15, 0.2) is 46.0 Å². The highest BCUT2D eigenvalue weighted by atomic mass is 32.2. The first kappa shape index (κ1) is 18.9. The highest BCUT2D eigenvalue weighted by Gasteiger charge is 2.26. The van der Waals surface area contributed by atoms with Crippen molar-refractivity contribution < 1.29 is 9.59 Å². The van der Waals surface area contributed by atoms with Gasteiger partial charge in [-0.2, -0.15) is 0 Å². The Kier molecular flexibility index (Phi) is 6.71. The Hall–Kier alpha value is -1.83. The van der Waals surface area contributed by atoms with Gasteiger partial charge in [-0.25, -0.2) is 0 Å². The number of anilines is 1. The first-order chi connectivity index (χ1) is 12.7. The zero-order valence-electron chi connectivity index (χ0n) is 14.7. The van der Waals surface area contributed by atoms with Gasteiger partial charge in [-0.1, -0.05) is 6.07 Å². The molecular formula is C19H23N3O2S2. The van der Waals surface area contributed by atoms with Crippen molar-refractivity contribution in [3.05, 3.63) is 47.3 Å². The lowest BCUT2D eigenvalue weighted by Gasteiger charge is -2.17. The molecule has 0 aliphatic carbocycles. The SMILES string of the molecule is CNCC1CCN(C(=O)c2ccc(NC(=O)CSc3cccs3)cc2)C1. The van der Waals surface area contributed by atoms with Crippen molar-refractivity contribution in [3.8, 4) is 0 Å². The quantitative estimate of drug-likeness (QED) is 0.714. The van der Waals surface area contributed by atoms with Gasteiger partial charge in [0.25, 0.3) is 5.91 Å². The lowest BCUT2D eigenvalue weighted by Crippen LogP contribution is -2.30. The van der Waals surface area contributed by atoms with Crippen molar-refractivity contribution in [3.63, 3.8) is 0 Å². The van der Waals surface area contributed by atoms with E-state index in [2.05, 4.69) is 10.6 Å². The molecule has 1 aromatic carbocycles. The molecule has 2 aromatic rings. The molecule has 2 heterocycles. The normalized spacial score (nSPS) is 16.7. The number of likely N-dealkylation sites (tertiary alicyclic amines) is 1. The van der Waals surface area contributed by atoms with Gasteiger partial charge in [0.05, 0.1) is 9.96 Å². The van der Waals surface area contributed by atoms with Crippen LogP contribution in [0.4, 0.5) is 5.69 Å². The Morgan fingerprint density at radius 3 is 2.77 bits per heavy atom. The second kappa shape index (κ2) is 9.21. The number of thioether (sulfide) groups is 1. The fourth-order valence-electron chi connectivity index (χ4n) is 3.03. The van der Waals surface area contributed by atoms with Crippen molar-refractivity contribution in [2.45, 2.75) is 10.6 Å². The number of hydrogen-bond donors (Lipinski definition) is 2. The number of hydrogen-bond acceptors (Lipinski definition) is 5. The summed E-state index contributed by atoms with van der Waals surface area (Å²) in [5.41, 5.74) is 1.38. The van der Waals surface area contributed by atoms with Crippen molar-refractivity contribution >= 4 is 40.6 Å². The summed E-state index contributed by atoms with van der Waals surface area (Å²) in [6.45, 7) is 2.56. The largest absolute Gasteiger partial charge is 0.338 e. The van der Waals surface area contributed by atoms with E-state index in [1.54, 1.807) is 35.6 Å². The molecule has 0 radical (unpaired) electrons. The molecule has 7 heteroatoms. The second-order valence-electron chi connectivity index (χ2n) is 6.31. The molecule has 26 heavy (non-hydrogen) atoms. The van der Waals surface area contributed by atoms with Crippen LogP contribution in [0.2, 0.25) is 0 Å². The standard InChI is InChI=1S/C19H23N3O2S2/c1-20-11-14-8-9-22(12-14)19(24)15-4-6-16(7-5-15)21-17(23)13-26-18-3-2-10-25-18/h2-7,10,14,20H,8-9,11-13H2,1H3,(H,21,23). The first-order valence-electron chi connectivity index (χ1n) is 8.66. The zero-order chi connectivity index (χ0) is 18.4. The number of carbonyl (C=O) groups is 2. The van der Waals surface area contributed by atoms with E-state index in [0.717, 1.165) is 30.3 Å². The molecule has 1 atom stereocenters. The van der Waals surface area contributed by atoms with Crippen molar-refractivity contribution in [1.29, 1.82) is 0 Å². The number of rotatable bonds is 7. The van der Waals surface area contributed by atoms with E-state index in [0.29, 0.717) is 22.9 Å². The van der Waals surface area contributed by atoms with E-state index >= 15 is 0 Å². The number of nitrogens with one attached hydrogen (secondary N) is 2. The van der Waals surface area contributed by atoms with Crippen LogP contribution in [0.25, 0.3) is 0 Å². The van der Waals surface area contributed by atoms with Gasteiger partial charge in [0, 0.05) is 24.3 Å². The maximum absolute atomic E-state index is 12.6. The van der Waals surface area contributed by atoms with Gasteiger partial charge in [0.15, 0.2) is 0 Å². The first-order valence-corrected chi connectivity index (χ1v) is 10.5. The van der Waals surface area contributed by atoms with E-state index in [1.807, 2.05) is 29.5 Å². The molecule has 2 amide bonds. The summed E-state index contributed by atoms with van der Waals surface area (Å²) >= 11 is 3.15. The Labute approximate surface area is 162 Å². The monoisotopic (exact) mass is 389 g/mol. The highest BCUT2D eigenvalue weighted by Crippen LogP contribution is 2.23. The predicted molar refractivity (Wildman–Crippen MR) is 108 cm³/mol. The van der Waals surface area contributed by atoms with Gasteiger partial charge < -0.3 is 15.5 Å². The van der Waals surface area contributed by atoms with Gasteiger partial charge in [0.2, 0.25) is 5.91 Å². The molecule has 1 aromatic heterocycles. The van der Waals surface area contributed by atoms with Crippen LogP contribution in [-0.4, -0.2) is 49.1 Å². The average molecular weight is 390 g/mol. The molecule has 3 rings (SSSR count). The van der Waals surface area contributed by atoms with Gasteiger partial charge in [0.1, 0.15) is 0 Å². The molecule has 1 saturated heterocycles. The molecular weight excluding hydrogens is 366 g/mol. The molecule has 0 spiro atoms. The predicted octanol–water partition coefficient (Wildman–Crippen LogP) is 3.16. The number of amides is 2. The maximum Gasteiger partial charge on any atom is 0.253 e. The third-order valence-electron chi connectivity index (χ3n) is 4.32. The summed E-state index contributed by atoms with van der Waals surface area (Å²) in [6, 6.07) is 11.1. The summed E-state index contributed by atoms with van der Waals surface area (Å²) in [7, 11) is 1.94. The Morgan fingerprint density at radius 1 is 1.27 bits per heavy atom. The van der Waals surface area contributed by atoms with E-state index in [9.17, 15) is 9.59 Å². The topological polar surface area (TPSA) is 61.4 Å². The van der Waals surface area contributed by atoms with E-state index in [-0.39, 0.29) is 11.8 Å².